The first-order valence-corrected chi connectivity index (χ1v) is 16.2. The monoisotopic (exact) mass is 648 g/mol. The van der Waals surface area contributed by atoms with Gasteiger partial charge in [0.25, 0.3) is 17.7 Å². The van der Waals surface area contributed by atoms with Crippen molar-refractivity contribution in [3.63, 3.8) is 0 Å². The van der Waals surface area contributed by atoms with Gasteiger partial charge in [0.1, 0.15) is 0 Å². The highest BCUT2D eigenvalue weighted by atomic mass is 16.5. The van der Waals surface area contributed by atoms with Crippen molar-refractivity contribution in [1.82, 2.24) is 25.3 Å². The van der Waals surface area contributed by atoms with Gasteiger partial charge in [-0.2, -0.15) is 10.2 Å². The highest BCUT2D eigenvalue weighted by Crippen LogP contribution is 2.40. The number of methoxy groups -OCH3 is 2. The van der Waals surface area contributed by atoms with E-state index in [0.29, 0.717) is 47.6 Å². The van der Waals surface area contributed by atoms with Crippen LogP contribution in [0.1, 0.15) is 74.0 Å². The summed E-state index contributed by atoms with van der Waals surface area (Å²) in [6.45, 7) is 5.70. The molecule has 4 aromatic rings. The van der Waals surface area contributed by atoms with E-state index in [4.69, 9.17) is 9.47 Å². The summed E-state index contributed by atoms with van der Waals surface area (Å²) >= 11 is 0. The molecule has 1 fully saturated rings. The molecule has 11 nitrogen and oxygen atoms in total. The minimum atomic E-state index is -0.604. The second kappa shape index (κ2) is 14.6. The van der Waals surface area contributed by atoms with Crippen molar-refractivity contribution in [3.8, 4) is 11.5 Å². The van der Waals surface area contributed by atoms with Crippen LogP contribution in [0.5, 0.6) is 11.5 Å². The zero-order chi connectivity index (χ0) is 33.6. The largest absolute Gasteiger partial charge is 0.493 e. The van der Waals surface area contributed by atoms with Gasteiger partial charge in [0, 0.05) is 38.8 Å². The Morgan fingerprint density at radius 1 is 0.854 bits per heavy atom. The van der Waals surface area contributed by atoms with Gasteiger partial charge in [0.15, 0.2) is 11.5 Å². The molecule has 248 valence electrons. The van der Waals surface area contributed by atoms with Crippen molar-refractivity contribution < 1.29 is 23.9 Å². The molecule has 3 aromatic carbocycles. The second-order valence-corrected chi connectivity index (χ2v) is 11.9. The SMILES string of the molecule is COc1ccc([C@@H](CCCNC(=O)c2ccnnc2)N2C(=O)c3cccc(N4CCN(C(C)c5ccccc5)CC4)c3C2=O)cc1OC. The lowest BCUT2D eigenvalue weighted by Gasteiger charge is -2.39. The number of fused-ring (bicyclic) bond motifs is 1. The van der Waals surface area contributed by atoms with Crippen LogP contribution in [-0.2, 0) is 0 Å². The maximum Gasteiger partial charge on any atom is 0.264 e. The minimum absolute atomic E-state index is 0.267. The van der Waals surface area contributed by atoms with Gasteiger partial charge in [-0.25, -0.2) is 0 Å². The Balaban J connectivity index is 1.22. The number of rotatable bonds is 12. The fourth-order valence-corrected chi connectivity index (χ4v) is 6.65. The van der Waals surface area contributed by atoms with Gasteiger partial charge in [-0.05, 0) is 61.2 Å². The van der Waals surface area contributed by atoms with Gasteiger partial charge in [0.05, 0.1) is 55.0 Å². The molecule has 1 N–H and O–H groups in total. The highest BCUT2D eigenvalue weighted by molar-refractivity contribution is 6.24. The zero-order valence-corrected chi connectivity index (χ0v) is 27.5. The Bertz CT molecular complexity index is 1760. The third-order valence-electron chi connectivity index (χ3n) is 9.30. The molecular weight excluding hydrogens is 608 g/mol. The van der Waals surface area contributed by atoms with E-state index in [1.54, 1.807) is 32.4 Å². The molecule has 2 aliphatic heterocycles. The summed E-state index contributed by atoms with van der Waals surface area (Å²) in [7, 11) is 3.11. The molecule has 2 atom stereocenters. The molecule has 0 bridgehead atoms. The van der Waals surface area contributed by atoms with Crippen LogP contribution in [0.2, 0.25) is 0 Å². The minimum Gasteiger partial charge on any atom is -0.493 e. The van der Waals surface area contributed by atoms with Crippen molar-refractivity contribution in [2.45, 2.75) is 31.8 Å². The summed E-state index contributed by atoms with van der Waals surface area (Å²) in [6, 6.07) is 22.7. The van der Waals surface area contributed by atoms with Crippen molar-refractivity contribution in [2.24, 2.45) is 0 Å². The molecule has 2 aliphatic rings. The van der Waals surface area contributed by atoms with Gasteiger partial charge >= 0.3 is 0 Å². The van der Waals surface area contributed by atoms with Crippen molar-refractivity contribution in [1.29, 1.82) is 0 Å². The number of amides is 3. The van der Waals surface area contributed by atoms with Crippen molar-refractivity contribution in [2.75, 3.05) is 51.8 Å². The van der Waals surface area contributed by atoms with Gasteiger partial charge in [-0.1, -0.05) is 42.5 Å². The Morgan fingerprint density at radius 3 is 2.33 bits per heavy atom. The molecule has 0 aliphatic carbocycles. The molecule has 1 aromatic heterocycles. The number of hydrogen-bond acceptors (Lipinski definition) is 9. The molecule has 1 unspecified atom stereocenters. The number of anilines is 1. The van der Waals surface area contributed by atoms with Gasteiger partial charge in [-0.3, -0.25) is 24.2 Å². The van der Waals surface area contributed by atoms with E-state index in [-0.39, 0.29) is 23.8 Å². The third kappa shape index (κ3) is 6.59. The molecule has 1 saturated heterocycles. The summed E-state index contributed by atoms with van der Waals surface area (Å²) in [5, 5.41) is 10.4. The first-order valence-electron chi connectivity index (χ1n) is 16.2. The van der Waals surface area contributed by atoms with Gasteiger partial charge in [0.2, 0.25) is 0 Å². The number of nitrogens with zero attached hydrogens (tertiary/aromatic N) is 5. The predicted octanol–water partition coefficient (Wildman–Crippen LogP) is 4.92. The molecule has 11 heteroatoms. The van der Waals surface area contributed by atoms with Crippen LogP contribution in [0.15, 0.2) is 85.2 Å². The summed E-state index contributed by atoms with van der Waals surface area (Å²) in [4.78, 5) is 47.1. The number of carbonyl (C=O) groups excluding carboxylic acids is 3. The Hall–Kier alpha value is -5.29. The predicted molar refractivity (Wildman–Crippen MR) is 181 cm³/mol. The van der Waals surface area contributed by atoms with Gasteiger partial charge in [-0.15, -0.1) is 0 Å². The highest BCUT2D eigenvalue weighted by Gasteiger charge is 2.43. The normalized spacial score (nSPS) is 16.0. The lowest BCUT2D eigenvalue weighted by atomic mass is 9.99. The fourth-order valence-electron chi connectivity index (χ4n) is 6.65. The molecule has 3 amide bonds. The zero-order valence-electron chi connectivity index (χ0n) is 27.5. The van der Waals surface area contributed by atoms with E-state index in [9.17, 15) is 14.4 Å². The maximum atomic E-state index is 14.4. The van der Waals surface area contributed by atoms with Crippen LogP contribution in [0.3, 0.4) is 0 Å². The number of aromatic nitrogens is 2. The van der Waals surface area contributed by atoms with Crippen LogP contribution in [0.4, 0.5) is 5.69 Å². The summed E-state index contributed by atoms with van der Waals surface area (Å²) < 4.78 is 11.0. The number of hydrogen-bond donors (Lipinski definition) is 1. The Morgan fingerprint density at radius 2 is 1.62 bits per heavy atom. The van der Waals surface area contributed by atoms with E-state index < -0.39 is 6.04 Å². The number of benzene rings is 3. The van der Waals surface area contributed by atoms with Crippen LogP contribution >= 0.6 is 0 Å². The van der Waals surface area contributed by atoms with Crippen LogP contribution in [0, 0.1) is 0 Å². The van der Waals surface area contributed by atoms with Gasteiger partial charge < -0.3 is 19.7 Å². The smallest absolute Gasteiger partial charge is 0.264 e. The molecule has 0 radical (unpaired) electrons. The fraction of sp³-hybridized carbons (Fsp3) is 0.324. The van der Waals surface area contributed by atoms with E-state index in [1.165, 1.54) is 22.9 Å². The standard InChI is InChI=1S/C37H40N6O5/c1-25(26-9-5-4-6-10-26)41-19-21-42(22-20-41)31-12-7-11-29-34(31)37(46)43(36(29)45)30(27-14-15-32(47-2)33(23-27)48-3)13-8-17-38-35(44)28-16-18-39-40-24-28/h4-7,9-12,14-16,18,23-25,30H,8,13,17,19-22H2,1-3H3,(H,38,44)/t25?,30-/m1/s1. The molecule has 0 spiro atoms. The number of nitrogens with one attached hydrogen (secondary N) is 1. The molecule has 0 saturated carbocycles. The molecule has 48 heavy (non-hydrogen) atoms. The van der Waals surface area contributed by atoms with Crippen LogP contribution in [0.25, 0.3) is 0 Å². The van der Waals surface area contributed by atoms with E-state index >= 15 is 0 Å². The van der Waals surface area contributed by atoms with Crippen LogP contribution < -0.4 is 19.7 Å². The van der Waals surface area contributed by atoms with E-state index in [1.807, 2.05) is 30.3 Å². The lowest BCUT2D eigenvalue weighted by Crippen LogP contribution is -2.47. The average Bonchev–Trinajstić information content (AvgIpc) is 3.40. The molecule has 6 rings (SSSR count). The average molecular weight is 649 g/mol. The van der Waals surface area contributed by atoms with E-state index in [0.717, 1.165) is 37.4 Å². The third-order valence-corrected chi connectivity index (χ3v) is 9.30. The Labute approximate surface area is 280 Å². The molecular formula is C37H40N6O5. The van der Waals surface area contributed by atoms with E-state index in [2.05, 4.69) is 56.5 Å². The summed E-state index contributed by atoms with van der Waals surface area (Å²) in [5.74, 6) is 0.121. The van der Waals surface area contributed by atoms with Crippen LogP contribution in [-0.4, -0.2) is 84.7 Å². The molecule has 3 heterocycles. The number of piperazine rings is 1. The second-order valence-electron chi connectivity index (χ2n) is 11.9. The first-order chi connectivity index (χ1) is 23.4. The first kappa shape index (κ1) is 32.6. The number of carbonyl (C=O) groups is 3. The summed E-state index contributed by atoms with van der Waals surface area (Å²) in [5.41, 5.74) is 4.04. The quantitative estimate of drug-likeness (QED) is 0.169. The number of imide groups is 1. The maximum absolute atomic E-state index is 14.4. The Kier molecular flexibility index (Phi) is 9.96. The van der Waals surface area contributed by atoms with Crippen molar-refractivity contribution in [3.05, 3.63) is 113 Å². The lowest BCUT2D eigenvalue weighted by molar-refractivity contribution is 0.0570. The topological polar surface area (TPSA) is 117 Å². The number of ether oxygens (including phenoxy) is 2. The summed E-state index contributed by atoms with van der Waals surface area (Å²) in [6.07, 6.45) is 3.79. The van der Waals surface area contributed by atoms with Crippen molar-refractivity contribution >= 4 is 23.4 Å².